The molecule has 9 heterocycles. The third-order valence-corrected chi connectivity index (χ3v) is 30.0. The second-order valence-corrected chi connectivity index (χ2v) is 42.9. The summed E-state index contributed by atoms with van der Waals surface area (Å²) in [4.78, 5) is 132. The molecule has 131 heavy (non-hydrogen) atoms. The monoisotopic (exact) mass is 1860 g/mol. The Hall–Kier alpha value is -10.3. The molecule has 4 saturated heterocycles. The number of hydrogen-bond donors (Lipinski definition) is 8. The molecule has 4 aliphatic heterocycles. The van der Waals surface area contributed by atoms with Gasteiger partial charge in [0.2, 0.25) is 47.3 Å². The number of carbonyl (C=O) groups excluding carboxylic acids is 8. The number of rotatable bonds is 23. The number of benzene rings is 6. The second kappa shape index (κ2) is 42.7. The van der Waals surface area contributed by atoms with Gasteiger partial charge in [0.25, 0.3) is 0 Å². The molecule has 8 amide bonds. The smallest absolute Gasteiger partial charge is 0.246 e. The van der Waals surface area contributed by atoms with Crippen LogP contribution in [0.1, 0.15) is 216 Å². The number of likely N-dealkylation sites (N-methyl/N-ethyl adjacent to an activating group) is 2. The highest BCUT2D eigenvalue weighted by Gasteiger charge is 2.46. The topological polar surface area (TPSA) is 325 Å². The van der Waals surface area contributed by atoms with Crippen molar-refractivity contribution in [1.29, 1.82) is 0 Å². The Kier molecular flexibility index (Phi) is 32.0. The summed E-state index contributed by atoms with van der Waals surface area (Å²) in [6, 6.07) is 41.2. The number of thiophene rings is 1. The van der Waals surface area contributed by atoms with Gasteiger partial charge in [0.15, 0.2) is 0 Å². The highest BCUT2D eigenvalue weighted by atomic mass is 32.1. The molecule has 24 nitrogen and oxygen atoms in total. The molecule has 29 heteroatoms. The molecule has 0 radical (unpaired) electrons. The summed E-state index contributed by atoms with van der Waals surface area (Å²) in [5, 5.41) is 37.9. The van der Waals surface area contributed by atoms with Gasteiger partial charge in [-0.25, -0.2) is 19.9 Å². The Morgan fingerprint density at radius 1 is 0.374 bits per heavy atom. The number of allylic oxidation sites excluding steroid dienone is 1. The predicted molar refractivity (Wildman–Crippen MR) is 532 cm³/mol. The van der Waals surface area contributed by atoms with E-state index in [4.69, 9.17) is 31.4 Å². The van der Waals surface area contributed by atoms with E-state index < -0.39 is 52.5 Å². The first-order chi connectivity index (χ1) is 62.4. The van der Waals surface area contributed by atoms with Crippen molar-refractivity contribution in [2.75, 3.05) is 40.3 Å². The number of carbonyl (C=O) groups is 8. The maximum absolute atomic E-state index is 13.7. The van der Waals surface area contributed by atoms with Gasteiger partial charge < -0.3 is 63.0 Å². The summed E-state index contributed by atoms with van der Waals surface area (Å²) < 4.78 is 1.25. The SMILES string of the molecule is CC(C)[C@@H](NC(=O)[C@@H](C)N)C(=O)N1CCC[C@@H]1c1nc(C2=CCc3ccccc32)cs1.CN[C@@H](C)C(=O)N[C@H](C(=O)N1CCC[C@H]1c1nc(-c2cccc3ccccc23)cs1)C(C)(C)C.CN[C@@H](C)C(=O)N[C@H](C(=O)N1CCC[C@H]1c1nc(-c2csc3ccccc23)cs1)C(C)(C)C.C[C@H](N)C(=O)N[C@H](C(=O)N1CCC[C@H]1c1nc(-c2cccc3ccccc23)cs1)C(C)(C)C. The first kappa shape index (κ1) is 98.2. The number of nitrogens with one attached hydrogen (secondary N) is 6. The zero-order valence-electron chi connectivity index (χ0n) is 78.4. The Bertz CT molecular complexity index is 5910. The summed E-state index contributed by atoms with van der Waals surface area (Å²) in [6.07, 6.45) is 10.4. The number of amides is 8. The number of nitrogens with zero attached hydrogens (tertiary/aromatic N) is 8. The van der Waals surface area contributed by atoms with Gasteiger partial charge in [0.05, 0.1) is 71.1 Å². The zero-order valence-corrected chi connectivity index (χ0v) is 82.5. The summed E-state index contributed by atoms with van der Waals surface area (Å²) >= 11 is 8.17. The van der Waals surface area contributed by atoms with E-state index in [-0.39, 0.29) is 89.4 Å². The fourth-order valence-electron chi connectivity index (χ4n) is 17.5. The van der Waals surface area contributed by atoms with Gasteiger partial charge >= 0.3 is 0 Å². The molecule has 5 aromatic heterocycles. The van der Waals surface area contributed by atoms with Crippen molar-refractivity contribution in [3.63, 3.8) is 0 Å². The average molecular weight is 1870 g/mol. The zero-order chi connectivity index (χ0) is 94.1. The largest absolute Gasteiger partial charge is 0.343 e. The molecular weight excluding hydrogens is 1740 g/mol. The molecule has 0 saturated carbocycles. The standard InChI is InChI=1S/C27H34N4O2S.C26H32N4O2S.C25H32N4O2S2.C24H30N4O2S/c1-17(28-5)24(32)30-23(27(2,3)4)26(33)31-15-9-14-22(31)25-29-21(16-34-25)20-13-8-11-18-10-6-7-12-19(18)20;1-16(27)23(31)29-22(26(2,3)4)25(32)30-14-8-13-21(30)24-28-20(15-33-24)19-12-7-10-17-9-5-6-11-18(17)19;1-15(26-5)22(30)28-21(25(2,3)4)24(31)29-12-8-10-19(29)23-27-18(14-33-23)17-13-32-20-11-7-6-9-16(17)20;1-14(2)21(27-22(29)15(3)25)24(30)28-12-6-9-20(28)23-26-19(13-31-23)18-11-10-16-7-4-5-8-17(16)18/h6-8,10-13,16-17,22-23,28H,9,14-15H2,1-5H3,(H,30,32);5-7,9-12,15-16,21-22H,8,13-14,27H2,1-4H3,(H,29,31);6-7,9,11,13-15,19,21,26H,8,10,12H2,1-5H3,(H,28,30);4-5,7-8,11,13-15,20-21H,6,9-10,12,25H2,1-3H3,(H,27,29)/t17-,22-,23+;16-,21-,22+;15-,19-,21+;15-,20-,21-/m0001/s1. The number of aromatic nitrogens is 4. The molecule has 5 aliphatic rings. The van der Waals surface area contributed by atoms with E-state index in [2.05, 4.69) is 174 Å². The van der Waals surface area contributed by atoms with E-state index in [1.165, 1.54) is 48.3 Å². The Labute approximate surface area is 790 Å². The third kappa shape index (κ3) is 22.8. The van der Waals surface area contributed by atoms with Gasteiger partial charge in [-0.05, 0) is 160 Å². The van der Waals surface area contributed by atoms with Crippen LogP contribution in [0.2, 0.25) is 0 Å². The lowest BCUT2D eigenvalue weighted by molar-refractivity contribution is -0.140. The minimum absolute atomic E-state index is 0.0246. The quantitative estimate of drug-likeness (QED) is 0.0295. The van der Waals surface area contributed by atoms with Crippen molar-refractivity contribution in [1.82, 2.24) is 71.4 Å². The molecule has 10 N–H and O–H groups in total. The highest BCUT2D eigenvalue weighted by Crippen LogP contribution is 2.45. The summed E-state index contributed by atoms with van der Waals surface area (Å²) in [7, 11) is 3.48. The minimum atomic E-state index is -0.667. The molecule has 694 valence electrons. The van der Waals surface area contributed by atoms with Crippen molar-refractivity contribution in [2.45, 2.75) is 234 Å². The molecule has 0 unspecified atom stereocenters. The van der Waals surface area contributed by atoms with Crippen molar-refractivity contribution in [3.05, 3.63) is 203 Å². The average Bonchev–Trinajstić information content (AvgIpc) is 1.65. The van der Waals surface area contributed by atoms with E-state index in [9.17, 15) is 38.4 Å². The molecule has 16 rings (SSSR count). The summed E-state index contributed by atoms with van der Waals surface area (Å²) in [6.45, 7) is 31.3. The lowest BCUT2D eigenvalue weighted by Crippen LogP contribution is -2.57. The van der Waals surface area contributed by atoms with Gasteiger partial charge in [-0.15, -0.1) is 56.7 Å². The molecular formula is C102H128N16O8S5. The van der Waals surface area contributed by atoms with E-state index in [1.54, 1.807) is 98.5 Å². The fraction of sp³-hybridized carbons (Fsp3) is 0.451. The maximum Gasteiger partial charge on any atom is 0.246 e. The molecule has 12 atom stereocenters. The van der Waals surface area contributed by atoms with Crippen LogP contribution in [0.4, 0.5) is 0 Å². The van der Waals surface area contributed by atoms with Crippen LogP contribution in [0.15, 0.2) is 166 Å². The third-order valence-electron chi connectivity index (χ3n) is 25.3. The van der Waals surface area contributed by atoms with E-state index in [0.29, 0.717) is 26.2 Å². The van der Waals surface area contributed by atoms with Crippen LogP contribution in [-0.2, 0) is 44.8 Å². The molecule has 0 bridgehead atoms. The van der Waals surface area contributed by atoms with Crippen LogP contribution >= 0.6 is 56.7 Å². The van der Waals surface area contributed by atoms with Crippen molar-refractivity contribution in [2.24, 2.45) is 33.6 Å². The molecule has 0 spiro atoms. The Balaban J connectivity index is 0.000000149. The van der Waals surface area contributed by atoms with Crippen LogP contribution < -0.4 is 43.4 Å². The van der Waals surface area contributed by atoms with E-state index in [1.807, 2.05) is 120 Å². The first-order valence-corrected chi connectivity index (χ1v) is 50.2. The molecule has 11 aromatic rings. The lowest BCUT2D eigenvalue weighted by atomic mass is 9.85. The van der Waals surface area contributed by atoms with Gasteiger partial charge in [-0.3, -0.25) is 38.4 Å². The van der Waals surface area contributed by atoms with E-state index >= 15 is 0 Å². The van der Waals surface area contributed by atoms with E-state index in [0.717, 1.165) is 117 Å². The first-order valence-electron chi connectivity index (χ1n) is 45.8. The summed E-state index contributed by atoms with van der Waals surface area (Å²) in [5.41, 5.74) is 21.1. The Morgan fingerprint density at radius 2 is 0.710 bits per heavy atom. The minimum Gasteiger partial charge on any atom is -0.343 e. The highest BCUT2D eigenvalue weighted by molar-refractivity contribution is 7.18. The Morgan fingerprint density at radius 3 is 1.11 bits per heavy atom. The lowest BCUT2D eigenvalue weighted by Gasteiger charge is -2.36. The number of likely N-dealkylation sites (tertiary alicyclic amines) is 4. The van der Waals surface area contributed by atoms with Gasteiger partial charge in [-0.1, -0.05) is 210 Å². The van der Waals surface area contributed by atoms with Crippen LogP contribution in [0, 0.1) is 22.2 Å². The predicted octanol–water partition coefficient (Wildman–Crippen LogP) is 17.4. The normalized spacial score (nSPS) is 18.7. The van der Waals surface area contributed by atoms with Gasteiger partial charge in [-0.2, -0.15) is 0 Å². The van der Waals surface area contributed by atoms with Crippen molar-refractivity contribution in [3.8, 4) is 33.8 Å². The second-order valence-electron chi connectivity index (χ2n) is 38.5. The molecule has 1 aliphatic carbocycles. The summed E-state index contributed by atoms with van der Waals surface area (Å²) in [5.74, 6) is -1.15. The fourth-order valence-corrected chi connectivity index (χ4v) is 22.3. The van der Waals surface area contributed by atoms with Crippen LogP contribution in [0.3, 0.4) is 0 Å². The maximum atomic E-state index is 13.7. The number of thiazole rings is 4. The molecule has 6 aromatic carbocycles. The van der Waals surface area contributed by atoms with Gasteiger partial charge in [0.1, 0.15) is 44.2 Å². The van der Waals surface area contributed by atoms with Crippen LogP contribution in [0.25, 0.3) is 71.0 Å². The van der Waals surface area contributed by atoms with Gasteiger partial charge in [0, 0.05) is 85.4 Å². The molecule has 4 fully saturated rings. The number of hydrogen-bond acceptors (Lipinski definition) is 21. The number of fused-ring (bicyclic) bond motifs is 4. The van der Waals surface area contributed by atoms with Crippen LogP contribution in [0.5, 0.6) is 0 Å². The van der Waals surface area contributed by atoms with Crippen molar-refractivity contribution < 1.29 is 38.4 Å². The van der Waals surface area contributed by atoms with Crippen LogP contribution in [-0.4, -0.2) is 175 Å². The van der Waals surface area contributed by atoms with Crippen molar-refractivity contribution >= 4 is 141 Å². The number of nitrogens with two attached hydrogens (primary N) is 2.